The number of hydrogen-bond donors (Lipinski definition) is 1. The number of carbonyl (C=O) groups is 1. The Morgan fingerprint density at radius 2 is 1.57 bits per heavy atom. The zero-order chi connectivity index (χ0) is 21.6. The van der Waals surface area contributed by atoms with Crippen LogP contribution in [0.2, 0.25) is 0 Å². The maximum Gasteiger partial charge on any atom is 0.264 e. The van der Waals surface area contributed by atoms with E-state index in [1.165, 1.54) is 16.4 Å². The van der Waals surface area contributed by atoms with Gasteiger partial charge in [0.15, 0.2) is 0 Å². The highest BCUT2D eigenvalue weighted by molar-refractivity contribution is 7.92. The van der Waals surface area contributed by atoms with Gasteiger partial charge in [-0.15, -0.1) is 0 Å². The standard InChI is InChI=1S/C23H24N2O4S/c1-3-25(20-7-5-4-6-8-20)30(27,28)22-15-11-19(12-16-22)24-23(26)17-18-9-13-21(29-2)14-10-18/h4-16H,3,17H2,1-2H3,(H,24,26). The van der Waals surface area contributed by atoms with Crippen molar-refractivity contribution in [2.24, 2.45) is 0 Å². The van der Waals surface area contributed by atoms with Crippen LogP contribution in [0.4, 0.5) is 11.4 Å². The number of methoxy groups -OCH3 is 1. The van der Waals surface area contributed by atoms with Gasteiger partial charge in [-0.2, -0.15) is 0 Å². The molecule has 0 aromatic heterocycles. The Bertz CT molecular complexity index is 1080. The van der Waals surface area contributed by atoms with Gasteiger partial charge in [0.1, 0.15) is 5.75 Å². The molecule has 0 fully saturated rings. The van der Waals surface area contributed by atoms with Crippen molar-refractivity contribution < 1.29 is 17.9 Å². The van der Waals surface area contributed by atoms with E-state index < -0.39 is 10.0 Å². The summed E-state index contributed by atoms with van der Waals surface area (Å²) >= 11 is 0. The minimum Gasteiger partial charge on any atom is -0.497 e. The number of ether oxygens (including phenoxy) is 1. The number of anilines is 2. The predicted molar refractivity (Wildman–Crippen MR) is 118 cm³/mol. The lowest BCUT2D eigenvalue weighted by molar-refractivity contribution is -0.115. The summed E-state index contributed by atoms with van der Waals surface area (Å²) in [5.41, 5.74) is 2.00. The lowest BCUT2D eigenvalue weighted by Gasteiger charge is -2.23. The molecule has 0 aliphatic heterocycles. The highest BCUT2D eigenvalue weighted by atomic mass is 32.2. The molecule has 30 heavy (non-hydrogen) atoms. The molecule has 0 saturated heterocycles. The van der Waals surface area contributed by atoms with Gasteiger partial charge in [-0.3, -0.25) is 9.10 Å². The van der Waals surface area contributed by atoms with E-state index in [1.54, 1.807) is 62.6 Å². The second kappa shape index (κ2) is 9.45. The van der Waals surface area contributed by atoms with Gasteiger partial charge in [0, 0.05) is 12.2 Å². The minimum absolute atomic E-state index is 0.168. The molecule has 0 heterocycles. The van der Waals surface area contributed by atoms with Crippen LogP contribution in [0.5, 0.6) is 5.75 Å². The van der Waals surface area contributed by atoms with E-state index in [9.17, 15) is 13.2 Å². The molecule has 0 saturated carbocycles. The molecule has 6 nitrogen and oxygen atoms in total. The van der Waals surface area contributed by atoms with Crippen molar-refractivity contribution in [2.45, 2.75) is 18.2 Å². The van der Waals surface area contributed by atoms with Crippen LogP contribution in [0.3, 0.4) is 0 Å². The third-order valence-electron chi connectivity index (χ3n) is 4.58. The van der Waals surface area contributed by atoms with E-state index in [0.29, 0.717) is 17.9 Å². The molecule has 1 amide bonds. The van der Waals surface area contributed by atoms with E-state index in [2.05, 4.69) is 5.32 Å². The number of nitrogens with one attached hydrogen (secondary N) is 1. The number of sulfonamides is 1. The summed E-state index contributed by atoms with van der Waals surface area (Å²) < 4.78 is 32.5. The summed E-state index contributed by atoms with van der Waals surface area (Å²) in [6.45, 7) is 2.10. The van der Waals surface area contributed by atoms with Gasteiger partial charge in [-0.25, -0.2) is 8.42 Å². The van der Waals surface area contributed by atoms with Crippen LogP contribution < -0.4 is 14.4 Å². The van der Waals surface area contributed by atoms with Crippen molar-refractivity contribution in [1.82, 2.24) is 0 Å². The fraction of sp³-hybridized carbons (Fsp3) is 0.174. The molecule has 0 unspecified atom stereocenters. The van der Waals surface area contributed by atoms with Gasteiger partial charge in [-0.05, 0) is 61.0 Å². The normalized spacial score (nSPS) is 11.0. The molecule has 1 N–H and O–H groups in total. The third-order valence-corrected chi connectivity index (χ3v) is 6.50. The third kappa shape index (κ3) is 4.99. The Kier molecular flexibility index (Phi) is 6.74. The van der Waals surface area contributed by atoms with Crippen LogP contribution in [0, 0.1) is 0 Å². The van der Waals surface area contributed by atoms with Crippen LogP contribution in [0.25, 0.3) is 0 Å². The Morgan fingerprint density at radius 3 is 2.13 bits per heavy atom. The van der Waals surface area contributed by atoms with Crippen LogP contribution >= 0.6 is 0 Å². The fourth-order valence-electron chi connectivity index (χ4n) is 3.06. The SMILES string of the molecule is CCN(c1ccccc1)S(=O)(=O)c1ccc(NC(=O)Cc2ccc(OC)cc2)cc1. The first-order valence-corrected chi connectivity index (χ1v) is 11.0. The van der Waals surface area contributed by atoms with Crippen molar-refractivity contribution >= 4 is 27.3 Å². The van der Waals surface area contributed by atoms with Gasteiger partial charge in [-0.1, -0.05) is 30.3 Å². The number of nitrogens with zero attached hydrogens (tertiary/aromatic N) is 1. The van der Waals surface area contributed by atoms with Crippen LogP contribution in [0.15, 0.2) is 83.8 Å². The van der Waals surface area contributed by atoms with Crippen molar-refractivity contribution in [3.8, 4) is 5.75 Å². The molecule has 0 bridgehead atoms. The number of hydrogen-bond acceptors (Lipinski definition) is 4. The van der Waals surface area contributed by atoms with E-state index in [4.69, 9.17) is 4.74 Å². The second-order valence-corrected chi connectivity index (χ2v) is 8.47. The van der Waals surface area contributed by atoms with E-state index in [1.807, 2.05) is 18.2 Å². The van der Waals surface area contributed by atoms with Crippen LogP contribution in [-0.2, 0) is 21.2 Å². The number of carbonyl (C=O) groups excluding carboxylic acids is 1. The molecular weight excluding hydrogens is 400 g/mol. The molecular formula is C23H24N2O4S. The van der Waals surface area contributed by atoms with E-state index >= 15 is 0 Å². The monoisotopic (exact) mass is 424 g/mol. The maximum absolute atomic E-state index is 13.0. The lowest BCUT2D eigenvalue weighted by atomic mass is 10.1. The van der Waals surface area contributed by atoms with Gasteiger partial charge >= 0.3 is 0 Å². The summed E-state index contributed by atoms with van der Waals surface area (Å²) in [5, 5.41) is 2.79. The van der Waals surface area contributed by atoms with Gasteiger partial charge in [0.2, 0.25) is 5.91 Å². The average Bonchev–Trinajstić information content (AvgIpc) is 2.75. The number of amides is 1. The molecule has 7 heteroatoms. The lowest BCUT2D eigenvalue weighted by Crippen LogP contribution is -2.30. The average molecular weight is 425 g/mol. The zero-order valence-corrected chi connectivity index (χ0v) is 17.7. The van der Waals surface area contributed by atoms with Gasteiger partial charge < -0.3 is 10.1 Å². The molecule has 0 spiro atoms. The first-order valence-electron chi connectivity index (χ1n) is 9.54. The summed E-state index contributed by atoms with van der Waals surface area (Å²) in [5.74, 6) is 0.544. The quantitative estimate of drug-likeness (QED) is 0.591. The largest absolute Gasteiger partial charge is 0.497 e. The Balaban J connectivity index is 1.69. The highest BCUT2D eigenvalue weighted by Crippen LogP contribution is 2.24. The Hall–Kier alpha value is -3.32. The molecule has 0 aliphatic carbocycles. The summed E-state index contributed by atoms with van der Waals surface area (Å²) in [7, 11) is -2.11. The van der Waals surface area contributed by atoms with E-state index in [0.717, 1.165) is 11.3 Å². The van der Waals surface area contributed by atoms with Gasteiger partial charge in [0.25, 0.3) is 10.0 Å². The zero-order valence-electron chi connectivity index (χ0n) is 16.9. The van der Waals surface area contributed by atoms with Crippen LogP contribution in [0.1, 0.15) is 12.5 Å². The molecule has 156 valence electrons. The molecule has 3 aromatic carbocycles. The van der Waals surface area contributed by atoms with Crippen molar-refractivity contribution in [3.05, 3.63) is 84.4 Å². The van der Waals surface area contributed by atoms with Crippen molar-refractivity contribution in [3.63, 3.8) is 0 Å². The second-order valence-electron chi connectivity index (χ2n) is 6.60. The van der Waals surface area contributed by atoms with Gasteiger partial charge in [0.05, 0.1) is 24.1 Å². The molecule has 0 aliphatic rings. The van der Waals surface area contributed by atoms with Crippen LogP contribution in [-0.4, -0.2) is 28.0 Å². The van der Waals surface area contributed by atoms with E-state index in [-0.39, 0.29) is 17.2 Å². The Labute approximate surface area is 177 Å². The first kappa shape index (κ1) is 21.4. The summed E-state index contributed by atoms with van der Waals surface area (Å²) in [6, 6.07) is 22.4. The number of para-hydroxylation sites is 1. The van der Waals surface area contributed by atoms with Crippen molar-refractivity contribution in [1.29, 1.82) is 0 Å². The molecule has 0 atom stereocenters. The summed E-state index contributed by atoms with van der Waals surface area (Å²) in [6.07, 6.45) is 0.210. The molecule has 0 radical (unpaired) electrons. The number of rotatable bonds is 8. The fourth-order valence-corrected chi connectivity index (χ4v) is 4.53. The first-order chi connectivity index (χ1) is 14.4. The Morgan fingerprint density at radius 1 is 0.933 bits per heavy atom. The van der Waals surface area contributed by atoms with Crippen molar-refractivity contribution in [2.75, 3.05) is 23.3 Å². The highest BCUT2D eigenvalue weighted by Gasteiger charge is 2.23. The maximum atomic E-state index is 13.0. The topological polar surface area (TPSA) is 75.7 Å². The smallest absolute Gasteiger partial charge is 0.264 e. The number of benzene rings is 3. The predicted octanol–water partition coefficient (Wildman–Crippen LogP) is 4.09. The minimum atomic E-state index is -3.70. The molecule has 3 aromatic rings. The summed E-state index contributed by atoms with van der Waals surface area (Å²) in [4.78, 5) is 12.5. The molecule has 3 rings (SSSR count).